The lowest BCUT2D eigenvalue weighted by Gasteiger charge is -2.18. The minimum absolute atomic E-state index is 0.244. The molecule has 0 fully saturated rings. The van der Waals surface area contributed by atoms with Gasteiger partial charge in [0.05, 0.1) is 0 Å². The number of benzene rings is 3. The van der Waals surface area contributed by atoms with Crippen LogP contribution in [0.4, 0.5) is 0 Å². The molecule has 0 aromatic heterocycles. The smallest absolute Gasteiger partial charge is 0.196 e. The lowest BCUT2D eigenvalue weighted by molar-refractivity contribution is 0.0746. The molecular formula is C24H24O2. The number of ketones is 1. The Labute approximate surface area is 155 Å². The summed E-state index contributed by atoms with van der Waals surface area (Å²) in [6.07, 6.45) is -0.364. The van der Waals surface area contributed by atoms with Crippen LogP contribution in [0.15, 0.2) is 66.7 Å². The molecule has 0 spiro atoms. The molecule has 3 aromatic carbocycles. The molecular weight excluding hydrogens is 320 g/mol. The van der Waals surface area contributed by atoms with E-state index in [0.717, 1.165) is 23.1 Å². The molecule has 3 rings (SSSR count). The molecule has 0 saturated carbocycles. The van der Waals surface area contributed by atoms with Crippen LogP contribution in [-0.2, 0) is 6.42 Å². The molecule has 0 saturated heterocycles. The Bertz CT molecular complexity index is 912. The Morgan fingerprint density at radius 3 is 2.04 bits per heavy atom. The van der Waals surface area contributed by atoms with Gasteiger partial charge in [-0.2, -0.15) is 0 Å². The molecule has 0 aliphatic heterocycles. The molecule has 0 aliphatic rings. The highest BCUT2D eigenvalue weighted by Crippen LogP contribution is 2.27. The predicted molar refractivity (Wildman–Crippen MR) is 106 cm³/mol. The molecule has 0 bridgehead atoms. The second-order valence-corrected chi connectivity index (χ2v) is 6.80. The van der Waals surface area contributed by atoms with Crippen LogP contribution < -0.4 is 0 Å². The van der Waals surface area contributed by atoms with Crippen LogP contribution >= 0.6 is 0 Å². The maximum absolute atomic E-state index is 13.0. The molecule has 132 valence electrons. The number of Topliss-reactive ketones (excluding diaryl/α,β-unsaturated/α-hetero) is 1. The van der Waals surface area contributed by atoms with Crippen molar-refractivity contribution in [3.05, 3.63) is 106 Å². The van der Waals surface area contributed by atoms with Crippen molar-refractivity contribution < 1.29 is 9.90 Å². The molecule has 0 heterocycles. The van der Waals surface area contributed by atoms with Crippen molar-refractivity contribution in [2.45, 2.75) is 33.3 Å². The first-order valence-electron chi connectivity index (χ1n) is 8.90. The topological polar surface area (TPSA) is 37.3 Å². The summed E-state index contributed by atoms with van der Waals surface area (Å²) in [5, 5.41) is 10.6. The van der Waals surface area contributed by atoms with Gasteiger partial charge in [0, 0.05) is 5.56 Å². The average molecular weight is 344 g/mol. The van der Waals surface area contributed by atoms with Crippen molar-refractivity contribution in [3.8, 4) is 0 Å². The van der Waals surface area contributed by atoms with E-state index in [4.69, 9.17) is 0 Å². The summed E-state index contributed by atoms with van der Waals surface area (Å²) in [7, 11) is 0. The van der Waals surface area contributed by atoms with Gasteiger partial charge in [-0.05, 0) is 66.6 Å². The third-order valence-corrected chi connectivity index (χ3v) is 5.20. The van der Waals surface area contributed by atoms with Crippen molar-refractivity contribution in [2.24, 2.45) is 0 Å². The first kappa shape index (κ1) is 18.1. The predicted octanol–water partition coefficient (Wildman–Crippen LogP) is 5.12. The van der Waals surface area contributed by atoms with Gasteiger partial charge < -0.3 is 5.11 Å². The van der Waals surface area contributed by atoms with Crippen molar-refractivity contribution in [1.82, 2.24) is 0 Å². The lowest BCUT2D eigenvalue weighted by atomic mass is 9.87. The zero-order valence-electron chi connectivity index (χ0n) is 15.5. The van der Waals surface area contributed by atoms with E-state index in [1.165, 1.54) is 11.1 Å². The van der Waals surface area contributed by atoms with E-state index in [1.807, 2.05) is 56.3 Å². The van der Waals surface area contributed by atoms with E-state index >= 15 is 0 Å². The van der Waals surface area contributed by atoms with Crippen LogP contribution in [0.1, 0.15) is 49.8 Å². The molecule has 26 heavy (non-hydrogen) atoms. The van der Waals surface area contributed by atoms with E-state index in [1.54, 1.807) is 12.1 Å². The molecule has 0 amide bonds. The number of hydrogen-bond acceptors (Lipinski definition) is 2. The Hall–Kier alpha value is -2.71. The molecule has 1 N–H and O–H groups in total. The quantitative estimate of drug-likeness (QED) is 0.652. The molecule has 1 unspecified atom stereocenters. The molecule has 2 heteroatoms. The molecule has 0 aliphatic carbocycles. The first-order chi connectivity index (χ1) is 12.5. The largest absolute Gasteiger partial charge is 0.380 e. The van der Waals surface area contributed by atoms with Crippen LogP contribution in [0.2, 0.25) is 0 Å². The number of carbonyl (C=O) groups is 1. The van der Waals surface area contributed by atoms with Crippen LogP contribution in [0.3, 0.4) is 0 Å². The summed E-state index contributed by atoms with van der Waals surface area (Å²) in [6, 6.07) is 21.3. The normalized spacial score (nSPS) is 12.0. The van der Waals surface area contributed by atoms with E-state index < -0.39 is 6.10 Å². The highest BCUT2D eigenvalue weighted by molar-refractivity contribution is 6.01. The highest BCUT2D eigenvalue weighted by Gasteiger charge is 2.23. The van der Waals surface area contributed by atoms with Crippen molar-refractivity contribution in [3.63, 3.8) is 0 Å². The van der Waals surface area contributed by atoms with Gasteiger partial charge in [-0.25, -0.2) is 0 Å². The lowest BCUT2D eigenvalue weighted by Crippen LogP contribution is -2.15. The van der Waals surface area contributed by atoms with E-state index in [-0.39, 0.29) is 5.78 Å². The molecule has 3 aromatic rings. The second-order valence-electron chi connectivity index (χ2n) is 6.80. The van der Waals surface area contributed by atoms with Gasteiger partial charge in [-0.3, -0.25) is 4.79 Å². The van der Waals surface area contributed by atoms with Crippen molar-refractivity contribution >= 4 is 5.78 Å². The van der Waals surface area contributed by atoms with Crippen molar-refractivity contribution in [2.75, 3.05) is 0 Å². The van der Waals surface area contributed by atoms with E-state index in [9.17, 15) is 9.90 Å². The summed E-state index contributed by atoms with van der Waals surface area (Å²) < 4.78 is 0. The van der Waals surface area contributed by atoms with Crippen LogP contribution in [0.25, 0.3) is 0 Å². The highest BCUT2D eigenvalue weighted by atomic mass is 16.3. The minimum atomic E-state index is -1.14. The fourth-order valence-corrected chi connectivity index (χ4v) is 3.30. The maximum atomic E-state index is 13.0. The number of rotatable bonds is 5. The number of carbonyl (C=O) groups excluding carboxylic acids is 1. The minimum Gasteiger partial charge on any atom is -0.380 e. The third-order valence-electron chi connectivity index (χ3n) is 5.20. The number of aliphatic hydroxyl groups is 1. The van der Waals surface area contributed by atoms with Crippen LogP contribution in [0, 0.1) is 20.8 Å². The summed E-state index contributed by atoms with van der Waals surface area (Å²) in [5.41, 5.74) is 6.83. The summed E-state index contributed by atoms with van der Waals surface area (Å²) in [6.45, 7) is 6.10. The van der Waals surface area contributed by atoms with Gasteiger partial charge in [0.25, 0.3) is 0 Å². The van der Waals surface area contributed by atoms with Gasteiger partial charge in [0.1, 0.15) is 6.10 Å². The monoisotopic (exact) mass is 344 g/mol. The Morgan fingerprint density at radius 1 is 0.846 bits per heavy atom. The van der Waals surface area contributed by atoms with Gasteiger partial charge in [0.15, 0.2) is 5.78 Å². The Balaban J connectivity index is 2.00. The summed E-state index contributed by atoms with van der Waals surface area (Å²) in [5.74, 6) is -0.244. The standard InChI is InChI=1S/C24H24O2/c1-16-17(2)21(14-19-10-6-4-7-11-19)15-22(18(16)3)24(26)23(25)20-12-8-5-9-13-20/h4-13,15,23,25H,14H2,1-3H3. The summed E-state index contributed by atoms with van der Waals surface area (Å²) >= 11 is 0. The first-order valence-corrected chi connectivity index (χ1v) is 8.90. The average Bonchev–Trinajstić information content (AvgIpc) is 2.69. The van der Waals surface area contributed by atoms with Gasteiger partial charge in [0.2, 0.25) is 0 Å². The zero-order chi connectivity index (χ0) is 18.7. The van der Waals surface area contributed by atoms with E-state index in [0.29, 0.717) is 11.1 Å². The van der Waals surface area contributed by atoms with E-state index in [2.05, 4.69) is 19.1 Å². The number of hydrogen-bond donors (Lipinski definition) is 1. The molecule has 1 atom stereocenters. The Morgan fingerprint density at radius 2 is 1.42 bits per heavy atom. The zero-order valence-corrected chi connectivity index (χ0v) is 15.5. The Kier molecular flexibility index (Phi) is 5.34. The fourth-order valence-electron chi connectivity index (χ4n) is 3.30. The third kappa shape index (κ3) is 3.61. The van der Waals surface area contributed by atoms with Crippen LogP contribution in [0.5, 0.6) is 0 Å². The van der Waals surface area contributed by atoms with Gasteiger partial charge in [-0.1, -0.05) is 60.7 Å². The van der Waals surface area contributed by atoms with Gasteiger partial charge >= 0.3 is 0 Å². The SMILES string of the molecule is Cc1c(Cc2ccccc2)cc(C(=O)C(O)c2ccccc2)c(C)c1C. The van der Waals surface area contributed by atoms with Gasteiger partial charge in [-0.15, -0.1) is 0 Å². The number of aliphatic hydroxyl groups excluding tert-OH is 1. The molecule has 0 radical (unpaired) electrons. The summed E-state index contributed by atoms with van der Waals surface area (Å²) in [4.78, 5) is 13.0. The van der Waals surface area contributed by atoms with Crippen molar-refractivity contribution in [1.29, 1.82) is 0 Å². The maximum Gasteiger partial charge on any atom is 0.196 e. The fraction of sp³-hybridized carbons (Fsp3) is 0.208. The second kappa shape index (κ2) is 7.67. The van der Waals surface area contributed by atoms with Crippen LogP contribution in [-0.4, -0.2) is 10.9 Å². The molecule has 2 nitrogen and oxygen atoms in total.